The second-order valence-corrected chi connectivity index (χ2v) is 6.43. The number of nitrogens with zero attached hydrogens (tertiary/aromatic N) is 3. The Morgan fingerprint density at radius 1 is 1.34 bits per heavy atom. The van der Waals surface area contributed by atoms with Gasteiger partial charge < -0.3 is 20.1 Å². The van der Waals surface area contributed by atoms with Crippen LogP contribution in [-0.4, -0.2) is 54.3 Å². The van der Waals surface area contributed by atoms with Gasteiger partial charge in [0.2, 0.25) is 0 Å². The summed E-state index contributed by atoms with van der Waals surface area (Å²) in [5.74, 6) is -0.133. The third-order valence-electron chi connectivity index (χ3n) is 4.57. The van der Waals surface area contributed by atoms with Crippen LogP contribution >= 0.6 is 12.4 Å². The van der Waals surface area contributed by atoms with Gasteiger partial charge in [-0.05, 0) is 50.0 Å². The summed E-state index contributed by atoms with van der Waals surface area (Å²) in [4.78, 5) is 12.3. The number of hydrogen-bond donors (Lipinski definition) is 2. The van der Waals surface area contributed by atoms with Gasteiger partial charge in [-0.1, -0.05) is 11.3 Å². The number of benzene rings is 1. The molecule has 1 amide bonds. The second kappa shape index (κ2) is 10.9. The van der Waals surface area contributed by atoms with Crippen molar-refractivity contribution >= 4 is 18.3 Å². The third kappa shape index (κ3) is 6.26. The van der Waals surface area contributed by atoms with Crippen molar-refractivity contribution < 1.29 is 23.0 Å². The van der Waals surface area contributed by atoms with Gasteiger partial charge in [0.15, 0.2) is 17.2 Å². The van der Waals surface area contributed by atoms with Crippen molar-refractivity contribution in [2.45, 2.75) is 31.9 Å². The van der Waals surface area contributed by atoms with E-state index < -0.39 is 6.61 Å². The molecule has 1 aliphatic heterocycles. The lowest BCUT2D eigenvalue weighted by atomic mass is 10.1. The first-order chi connectivity index (χ1) is 13.6. The van der Waals surface area contributed by atoms with Crippen LogP contribution in [0.25, 0.3) is 0 Å². The van der Waals surface area contributed by atoms with Crippen LogP contribution in [0.4, 0.5) is 8.78 Å². The molecule has 1 saturated heterocycles. The Balaban J connectivity index is 0.00000300. The van der Waals surface area contributed by atoms with Crippen molar-refractivity contribution in [3.63, 3.8) is 0 Å². The first kappa shape index (κ1) is 22.8. The molecule has 1 aliphatic rings. The fourth-order valence-corrected chi connectivity index (χ4v) is 3.11. The summed E-state index contributed by atoms with van der Waals surface area (Å²) in [5.41, 5.74) is 0.991. The summed E-state index contributed by atoms with van der Waals surface area (Å²) in [6.45, 7) is -0.776. The number of carbonyl (C=O) groups excluding carboxylic acids is 1. The molecule has 0 spiro atoms. The van der Waals surface area contributed by atoms with E-state index in [2.05, 4.69) is 25.7 Å². The number of piperidine rings is 1. The summed E-state index contributed by atoms with van der Waals surface area (Å²) in [5, 5.41) is 14.1. The van der Waals surface area contributed by atoms with Gasteiger partial charge in [0.05, 0.1) is 19.3 Å². The minimum atomic E-state index is -2.94. The summed E-state index contributed by atoms with van der Waals surface area (Å²) in [6, 6.07) is 5.02. The minimum Gasteiger partial charge on any atom is -0.493 e. The Kier molecular flexibility index (Phi) is 8.59. The van der Waals surface area contributed by atoms with E-state index in [1.54, 1.807) is 23.0 Å². The van der Waals surface area contributed by atoms with Gasteiger partial charge >= 0.3 is 6.61 Å². The molecule has 0 saturated carbocycles. The molecule has 2 N–H and O–H groups in total. The highest BCUT2D eigenvalue weighted by atomic mass is 35.5. The Bertz CT molecular complexity index is 800. The van der Waals surface area contributed by atoms with Crippen molar-refractivity contribution in [1.82, 2.24) is 25.6 Å². The lowest BCUT2D eigenvalue weighted by Gasteiger charge is -2.22. The molecule has 0 bridgehead atoms. The van der Waals surface area contributed by atoms with Crippen LogP contribution in [0.2, 0.25) is 0 Å². The predicted octanol–water partition coefficient (Wildman–Crippen LogP) is 2.21. The summed E-state index contributed by atoms with van der Waals surface area (Å²) in [7, 11) is 1.38. The van der Waals surface area contributed by atoms with E-state index >= 15 is 0 Å². The minimum absolute atomic E-state index is 0. The number of halogens is 3. The second-order valence-electron chi connectivity index (χ2n) is 6.43. The number of amides is 1. The number of nitrogens with one attached hydrogen (secondary N) is 2. The molecule has 0 radical (unpaired) electrons. The molecule has 29 heavy (non-hydrogen) atoms. The number of rotatable bonds is 8. The molecule has 2 aromatic rings. The summed E-state index contributed by atoms with van der Waals surface area (Å²) < 4.78 is 36.2. The molecule has 11 heteroatoms. The normalized spacial score (nSPS) is 14.3. The van der Waals surface area contributed by atoms with Gasteiger partial charge in [-0.2, -0.15) is 8.78 Å². The Hall–Kier alpha value is -2.46. The monoisotopic (exact) mass is 431 g/mol. The molecule has 0 atom stereocenters. The molecule has 1 aromatic heterocycles. The van der Waals surface area contributed by atoms with Crippen LogP contribution in [0, 0.1) is 0 Å². The van der Waals surface area contributed by atoms with Gasteiger partial charge in [-0.25, -0.2) is 4.68 Å². The van der Waals surface area contributed by atoms with Gasteiger partial charge in [-0.15, -0.1) is 17.5 Å². The fourth-order valence-electron chi connectivity index (χ4n) is 3.11. The highest BCUT2D eigenvalue weighted by Crippen LogP contribution is 2.29. The first-order valence-corrected chi connectivity index (χ1v) is 9.09. The molecule has 1 aromatic carbocycles. The smallest absolute Gasteiger partial charge is 0.387 e. The van der Waals surface area contributed by atoms with Crippen LogP contribution in [-0.2, 0) is 6.42 Å². The zero-order valence-electron chi connectivity index (χ0n) is 15.9. The topological polar surface area (TPSA) is 90.3 Å². The van der Waals surface area contributed by atoms with Crippen LogP contribution in [0.5, 0.6) is 11.5 Å². The fraction of sp³-hybridized carbons (Fsp3) is 0.500. The largest absolute Gasteiger partial charge is 0.493 e. The molecule has 2 heterocycles. The van der Waals surface area contributed by atoms with E-state index in [0.29, 0.717) is 13.0 Å². The highest BCUT2D eigenvalue weighted by Gasteiger charge is 2.18. The molecule has 3 rings (SSSR count). The van der Waals surface area contributed by atoms with E-state index in [1.807, 2.05) is 0 Å². The van der Waals surface area contributed by atoms with E-state index in [0.717, 1.165) is 31.5 Å². The lowest BCUT2D eigenvalue weighted by molar-refractivity contribution is -0.0512. The number of ether oxygens (including phenoxy) is 2. The zero-order chi connectivity index (χ0) is 19.9. The summed E-state index contributed by atoms with van der Waals surface area (Å²) in [6.07, 6.45) is 4.00. The predicted molar refractivity (Wildman–Crippen MR) is 104 cm³/mol. The quantitative estimate of drug-likeness (QED) is 0.666. The number of carbonyl (C=O) groups is 1. The molecule has 160 valence electrons. The van der Waals surface area contributed by atoms with Crippen LogP contribution < -0.4 is 20.1 Å². The lowest BCUT2D eigenvalue weighted by Crippen LogP contribution is -2.29. The molecule has 8 nitrogen and oxygen atoms in total. The Morgan fingerprint density at radius 2 is 2.10 bits per heavy atom. The molecule has 1 fully saturated rings. The molecule has 0 aliphatic carbocycles. The SMILES string of the molecule is COc1ccc(CCNC(=O)c2cn(C3CCNCC3)nn2)cc1OC(F)F.Cl. The number of alkyl halides is 2. The average molecular weight is 432 g/mol. The van der Waals surface area contributed by atoms with Crippen molar-refractivity contribution in [3.8, 4) is 11.5 Å². The van der Waals surface area contributed by atoms with E-state index in [4.69, 9.17) is 4.74 Å². The van der Waals surface area contributed by atoms with Crippen molar-refractivity contribution in [2.75, 3.05) is 26.7 Å². The Labute approximate surface area is 173 Å². The highest BCUT2D eigenvalue weighted by molar-refractivity contribution is 5.91. The molecular weight excluding hydrogens is 408 g/mol. The average Bonchev–Trinajstić information content (AvgIpc) is 3.19. The third-order valence-corrected chi connectivity index (χ3v) is 4.57. The van der Waals surface area contributed by atoms with Crippen LogP contribution in [0.15, 0.2) is 24.4 Å². The first-order valence-electron chi connectivity index (χ1n) is 9.09. The van der Waals surface area contributed by atoms with Crippen molar-refractivity contribution in [2.24, 2.45) is 0 Å². The van der Waals surface area contributed by atoms with E-state index in [-0.39, 0.29) is 41.5 Å². The number of aromatic nitrogens is 3. The maximum Gasteiger partial charge on any atom is 0.387 e. The van der Waals surface area contributed by atoms with Crippen LogP contribution in [0.1, 0.15) is 34.9 Å². The Morgan fingerprint density at radius 3 is 2.79 bits per heavy atom. The van der Waals surface area contributed by atoms with Gasteiger partial charge in [0.1, 0.15) is 0 Å². The maximum absolute atomic E-state index is 12.5. The van der Waals surface area contributed by atoms with E-state index in [1.165, 1.54) is 13.2 Å². The number of methoxy groups -OCH3 is 1. The van der Waals surface area contributed by atoms with Gasteiger partial charge in [0, 0.05) is 6.54 Å². The van der Waals surface area contributed by atoms with Crippen molar-refractivity contribution in [3.05, 3.63) is 35.7 Å². The van der Waals surface area contributed by atoms with Crippen molar-refractivity contribution in [1.29, 1.82) is 0 Å². The van der Waals surface area contributed by atoms with Crippen LogP contribution in [0.3, 0.4) is 0 Å². The summed E-state index contributed by atoms with van der Waals surface area (Å²) >= 11 is 0. The van der Waals surface area contributed by atoms with Gasteiger partial charge in [-0.3, -0.25) is 4.79 Å². The zero-order valence-corrected chi connectivity index (χ0v) is 16.8. The number of hydrogen-bond acceptors (Lipinski definition) is 6. The molecule has 0 unspecified atom stereocenters. The standard InChI is InChI=1S/C18H23F2N5O3.ClH/c1-27-15-3-2-12(10-16(15)28-18(19)20)4-9-22-17(26)14-11-25(24-23-14)13-5-7-21-8-6-13;/h2-3,10-11,13,18,21H,4-9H2,1H3,(H,22,26);1H. The van der Waals surface area contributed by atoms with E-state index in [9.17, 15) is 13.6 Å². The van der Waals surface area contributed by atoms with Gasteiger partial charge in [0.25, 0.3) is 5.91 Å². The molecular formula is C18H24ClF2N5O3. The maximum atomic E-state index is 12.5.